The van der Waals surface area contributed by atoms with Gasteiger partial charge in [-0.05, 0) is 37.1 Å². The lowest BCUT2D eigenvalue weighted by Gasteiger charge is -2.04. The fraction of sp³-hybridized carbons (Fsp3) is 0.154. The topological polar surface area (TPSA) is 43.6 Å². The Labute approximate surface area is 109 Å². The van der Waals surface area contributed by atoms with E-state index in [1.54, 1.807) is 12.5 Å². The van der Waals surface area contributed by atoms with Crippen molar-refractivity contribution in [2.45, 2.75) is 13.8 Å². The Bertz CT molecular complexity index is 733. The first-order chi connectivity index (χ1) is 8.65. The highest BCUT2D eigenvalue weighted by Gasteiger charge is 2.08. The van der Waals surface area contributed by atoms with Crippen LogP contribution in [0.2, 0.25) is 5.15 Å². The molecule has 0 atom stereocenters. The first kappa shape index (κ1) is 11.2. The molecule has 0 bridgehead atoms. The van der Waals surface area contributed by atoms with Gasteiger partial charge in [0.15, 0.2) is 5.82 Å². The first-order valence-corrected chi connectivity index (χ1v) is 5.95. The van der Waals surface area contributed by atoms with E-state index < -0.39 is 0 Å². The van der Waals surface area contributed by atoms with E-state index in [1.165, 1.54) is 17.3 Å². The molecular formula is C13H11ClN4. The molecule has 0 spiro atoms. The number of halogens is 1. The van der Waals surface area contributed by atoms with E-state index in [0.29, 0.717) is 11.0 Å². The summed E-state index contributed by atoms with van der Waals surface area (Å²) >= 11 is 5.86. The first-order valence-electron chi connectivity index (χ1n) is 5.57. The van der Waals surface area contributed by atoms with Crippen molar-refractivity contribution in [2.75, 3.05) is 0 Å². The van der Waals surface area contributed by atoms with Crippen molar-refractivity contribution in [1.29, 1.82) is 0 Å². The van der Waals surface area contributed by atoms with Crippen molar-refractivity contribution in [3.8, 4) is 5.82 Å². The SMILES string of the molecule is Cc1cc2ncn(-c3cncc(Cl)n3)c2cc1C. The van der Waals surface area contributed by atoms with Gasteiger partial charge in [0.05, 0.1) is 23.4 Å². The van der Waals surface area contributed by atoms with Crippen molar-refractivity contribution >= 4 is 22.6 Å². The molecule has 4 nitrogen and oxygen atoms in total. The van der Waals surface area contributed by atoms with Gasteiger partial charge < -0.3 is 0 Å². The fourth-order valence-corrected chi connectivity index (χ4v) is 2.04. The van der Waals surface area contributed by atoms with Crippen LogP contribution in [0.1, 0.15) is 11.1 Å². The minimum absolute atomic E-state index is 0.373. The molecule has 0 aliphatic heterocycles. The van der Waals surface area contributed by atoms with Gasteiger partial charge in [-0.15, -0.1) is 0 Å². The Morgan fingerprint density at radius 2 is 1.89 bits per heavy atom. The molecule has 0 fully saturated rings. The number of aromatic nitrogens is 4. The molecular weight excluding hydrogens is 248 g/mol. The van der Waals surface area contributed by atoms with Gasteiger partial charge in [0.1, 0.15) is 11.5 Å². The summed E-state index contributed by atoms with van der Waals surface area (Å²) < 4.78 is 1.89. The minimum Gasteiger partial charge on any atom is -0.282 e. The molecule has 2 heterocycles. The molecule has 0 aliphatic carbocycles. The largest absolute Gasteiger partial charge is 0.282 e. The number of hydrogen-bond acceptors (Lipinski definition) is 3. The van der Waals surface area contributed by atoms with E-state index in [4.69, 9.17) is 11.6 Å². The summed E-state index contributed by atoms with van der Waals surface area (Å²) in [6.45, 7) is 4.16. The standard InChI is InChI=1S/C13H11ClN4/c1-8-3-10-11(4-9(8)2)18(7-16-10)13-6-15-5-12(14)17-13/h3-7H,1-2H3. The minimum atomic E-state index is 0.373. The van der Waals surface area contributed by atoms with Crippen LogP contribution in [0.3, 0.4) is 0 Å². The van der Waals surface area contributed by atoms with Crippen LogP contribution in [0.5, 0.6) is 0 Å². The highest BCUT2D eigenvalue weighted by molar-refractivity contribution is 6.29. The second-order valence-corrected chi connectivity index (χ2v) is 4.63. The van der Waals surface area contributed by atoms with E-state index >= 15 is 0 Å². The summed E-state index contributed by atoms with van der Waals surface area (Å²) in [7, 11) is 0. The van der Waals surface area contributed by atoms with Gasteiger partial charge >= 0.3 is 0 Å². The van der Waals surface area contributed by atoms with E-state index in [9.17, 15) is 0 Å². The number of aryl methyl sites for hydroxylation is 2. The molecule has 0 unspecified atom stereocenters. The maximum atomic E-state index is 5.86. The quantitative estimate of drug-likeness (QED) is 0.674. The van der Waals surface area contributed by atoms with Crippen LogP contribution in [-0.4, -0.2) is 19.5 Å². The molecule has 0 saturated heterocycles. The average molecular weight is 259 g/mol. The maximum absolute atomic E-state index is 5.86. The molecule has 90 valence electrons. The summed E-state index contributed by atoms with van der Waals surface area (Å²) in [6.07, 6.45) is 4.92. The molecule has 3 rings (SSSR count). The highest BCUT2D eigenvalue weighted by Crippen LogP contribution is 2.21. The van der Waals surface area contributed by atoms with Crippen LogP contribution in [0.25, 0.3) is 16.9 Å². The second-order valence-electron chi connectivity index (χ2n) is 4.24. The number of rotatable bonds is 1. The summed E-state index contributed by atoms with van der Waals surface area (Å²) in [5.74, 6) is 0.674. The van der Waals surface area contributed by atoms with Gasteiger partial charge in [0.2, 0.25) is 0 Å². The zero-order valence-corrected chi connectivity index (χ0v) is 10.8. The predicted octanol–water partition coefficient (Wildman–Crippen LogP) is 3.09. The van der Waals surface area contributed by atoms with Crippen molar-refractivity contribution in [3.05, 3.63) is 47.1 Å². The van der Waals surface area contributed by atoms with Gasteiger partial charge in [-0.2, -0.15) is 0 Å². The van der Waals surface area contributed by atoms with Crippen molar-refractivity contribution in [1.82, 2.24) is 19.5 Å². The summed E-state index contributed by atoms with van der Waals surface area (Å²) in [6, 6.07) is 4.17. The Hall–Kier alpha value is -1.94. The monoisotopic (exact) mass is 258 g/mol. The third-order valence-corrected chi connectivity index (χ3v) is 3.18. The lowest BCUT2D eigenvalue weighted by molar-refractivity contribution is 0.995. The van der Waals surface area contributed by atoms with Crippen LogP contribution in [0, 0.1) is 13.8 Å². The Balaban J connectivity index is 2.27. The van der Waals surface area contributed by atoms with Crippen molar-refractivity contribution < 1.29 is 0 Å². The molecule has 0 radical (unpaired) electrons. The summed E-state index contributed by atoms with van der Waals surface area (Å²) in [5, 5.41) is 0.373. The third kappa shape index (κ3) is 1.75. The summed E-state index contributed by atoms with van der Waals surface area (Å²) in [5.41, 5.74) is 4.40. The molecule has 5 heteroatoms. The van der Waals surface area contributed by atoms with Gasteiger partial charge in [0, 0.05) is 0 Å². The molecule has 2 aromatic heterocycles. The number of hydrogen-bond donors (Lipinski definition) is 0. The Morgan fingerprint density at radius 1 is 1.11 bits per heavy atom. The molecule has 3 aromatic rings. The Morgan fingerprint density at radius 3 is 2.67 bits per heavy atom. The third-order valence-electron chi connectivity index (χ3n) is 3.00. The number of benzene rings is 1. The van der Waals surface area contributed by atoms with E-state index in [2.05, 4.69) is 40.9 Å². The number of fused-ring (bicyclic) bond motifs is 1. The molecule has 18 heavy (non-hydrogen) atoms. The van der Waals surface area contributed by atoms with E-state index in [0.717, 1.165) is 11.0 Å². The number of imidazole rings is 1. The van der Waals surface area contributed by atoms with E-state index in [1.807, 2.05) is 4.57 Å². The molecule has 0 N–H and O–H groups in total. The zero-order valence-electron chi connectivity index (χ0n) is 10.1. The second kappa shape index (κ2) is 4.07. The van der Waals surface area contributed by atoms with Gasteiger partial charge in [-0.1, -0.05) is 11.6 Å². The smallest absolute Gasteiger partial charge is 0.158 e. The van der Waals surface area contributed by atoms with Crippen molar-refractivity contribution in [2.24, 2.45) is 0 Å². The zero-order chi connectivity index (χ0) is 12.7. The lowest BCUT2D eigenvalue weighted by atomic mass is 10.1. The Kier molecular flexibility index (Phi) is 2.52. The van der Waals surface area contributed by atoms with Crippen LogP contribution in [0.15, 0.2) is 30.9 Å². The molecule has 0 aliphatic rings. The summed E-state index contributed by atoms with van der Waals surface area (Å²) in [4.78, 5) is 12.7. The average Bonchev–Trinajstić information content (AvgIpc) is 2.73. The molecule has 0 saturated carbocycles. The van der Waals surface area contributed by atoms with Crippen LogP contribution < -0.4 is 0 Å². The fourth-order valence-electron chi connectivity index (χ4n) is 1.90. The molecule has 0 amide bonds. The van der Waals surface area contributed by atoms with Gasteiger partial charge in [0.25, 0.3) is 0 Å². The van der Waals surface area contributed by atoms with Crippen molar-refractivity contribution in [3.63, 3.8) is 0 Å². The van der Waals surface area contributed by atoms with Crippen LogP contribution >= 0.6 is 11.6 Å². The lowest BCUT2D eigenvalue weighted by Crippen LogP contribution is -1.97. The van der Waals surface area contributed by atoms with Gasteiger partial charge in [-0.25, -0.2) is 9.97 Å². The maximum Gasteiger partial charge on any atom is 0.158 e. The predicted molar refractivity (Wildman–Crippen MR) is 71.1 cm³/mol. The normalized spacial score (nSPS) is 11.1. The van der Waals surface area contributed by atoms with Gasteiger partial charge in [-0.3, -0.25) is 9.55 Å². The van der Waals surface area contributed by atoms with E-state index in [-0.39, 0.29) is 0 Å². The van der Waals surface area contributed by atoms with Crippen LogP contribution in [-0.2, 0) is 0 Å². The number of nitrogens with zero attached hydrogens (tertiary/aromatic N) is 4. The van der Waals surface area contributed by atoms with Crippen LogP contribution in [0.4, 0.5) is 0 Å². The molecule has 1 aromatic carbocycles. The highest BCUT2D eigenvalue weighted by atomic mass is 35.5.